The van der Waals surface area contributed by atoms with Crippen LogP contribution < -0.4 is 0 Å². The van der Waals surface area contributed by atoms with Gasteiger partial charge in [-0.05, 0) is 0 Å². The van der Waals surface area contributed by atoms with Crippen LogP contribution in [0.3, 0.4) is 0 Å². The van der Waals surface area contributed by atoms with Crippen LogP contribution in [0.1, 0.15) is 0 Å². The van der Waals surface area contributed by atoms with E-state index in [9.17, 15) is 0 Å². The summed E-state index contributed by atoms with van der Waals surface area (Å²) in [5.74, 6) is 0. The maximum atomic E-state index is 8.52. The fourth-order valence-corrected chi connectivity index (χ4v) is 0. The molecule has 101 valence electrons. The first-order chi connectivity index (χ1) is 6.00. The summed E-state index contributed by atoms with van der Waals surface area (Å²) in [5, 5.41) is 0. The molecule has 1 radical (unpaired) electrons. The van der Waals surface area contributed by atoms with E-state index in [1.165, 1.54) is 0 Å². The van der Waals surface area contributed by atoms with Crippen molar-refractivity contribution in [2.24, 2.45) is 0 Å². The number of hydrogen-bond acceptors (Lipinski definition) is 12. The minimum Gasteiger partial charge on any atom is -0.759 e. The normalized spacial score (nSPS) is 10.2. The van der Waals surface area contributed by atoms with Crippen molar-refractivity contribution >= 4 is 31.2 Å². The minimum atomic E-state index is -5.17. The largest absolute Gasteiger partial charge is 4.00 e. The summed E-state index contributed by atoms with van der Waals surface area (Å²) in [6.45, 7) is 0. The Bertz CT molecular complexity index is 343. The van der Waals surface area contributed by atoms with Gasteiger partial charge in [0.25, 0.3) is 0 Å². The number of rotatable bonds is 0. The molecule has 12 nitrogen and oxygen atoms in total. The molecule has 0 aliphatic carbocycles. The van der Waals surface area contributed by atoms with Crippen molar-refractivity contribution < 1.29 is 69.6 Å². The van der Waals surface area contributed by atoms with E-state index in [0.29, 0.717) is 0 Å². The van der Waals surface area contributed by atoms with Crippen LogP contribution in [0.2, 0.25) is 0 Å². The maximum Gasteiger partial charge on any atom is 4.00 e. The molecular weight excluding hydrogens is 355 g/mol. The van der Waals surface area contributed by atoms with E-state index < -0.39 is 31.2 Å². The predicted molar refractivity (Wildman–Crippen MR) is 34.7 cm³/mol. The van der Waals surface area contributed by atoms with Crippen molar-refractivity contribution in [2.45, 2.75) is 0 Å². The molecule has 17 heavy (non-hydrogen) atoms. The Kier molecular flexibility index (Phi) is 20.0. The summed E-state index contributed by atoms with van der Waals surface area (Å²) in [6, 6.07) is 0. The van der Waals surface area contributed by atoms with Crippen molar-refractivity contribution in [1.29, 1.82) is 0 Å². The quantitative estimate of drug-likeness (QED) is 0.230. The van der Waals surface area contributed by atoms with Gasteiger partial charge in [-0.3, -0.25) is 25.3 Å². The van der Waals surface area contributed by atoms with Gasteiger partial charge in [-0.2, -0.15) is 0 Å². The van der Waals surface area contributed by atoms with Gasteiger partial charge < -0.3 is 27.3 Å². The topological polar surface area (TPSA) is 241 Å². The van der Waals surface area contributed by atoms with Crippen molar-refractivity contribution in [1.82, 2.24) is 0 Å². The molecule has 0 aliphatic rings. The Balaban J connectivity index is -0.0000000400. The molecule has 0 saturated heterocycles. The number of hydrogen-bond donors (Lipinski definition) is 0. The fourth-order valence-electron chi connectivity index (χ4n) is 0. The summed E-state index contributed by atoms with van der Waals surface area (Å²) in [4.78, 5) is 0. The molecule has 16 heteroatoms. The van der Waals surface area contributed by atoms with Crippen LogP contribution in [0.4, 0.5) is 0 Å². The average molecular weight is 355 g/mol. The van der Waals surface area contributed by atoms with Gasteiger partial charge in [0.15, 0.2) is 0 Å². The van der Waals surface area contributed by atoms with Crippen molar-refractivity contribution in [3.63, 3.8) is 0 Å². The second-order valence-electron chi connectivity index (χ2n) is 1.22. The molecule has 0 rings (SSSR count). The standard InChI is InChI=1S/C.Mn.3H2O4S/c;;3*1-5(2,3)4/h;;3*(H2,1,2,3,4)/q+4;+2;;;/p-6. The third kappa shape index (κ3) is 192000. The van der Waals surface area contributed by atoms with Crippen LogP contribution in [0, 0.1) is 7.43 Å². The average Bonchev–Trinajstić information content (AvgIpc) is 1.41. The minimum absolute atomic E-state index is 0. The van der Waals surface area contributed by atoms with Crippen LogP contribution in [0.15, 0.2) is 0 Å². The molecule has 0 unspecified atom stereocenters. The van der Waals surface area contributed by atoms with Gasteiger partial charge in [-0.1, -0.05) is 0 Å². The summed E-state index contributed by atoms with van der Waals surface area (Å²) < 4.78 is 102. The molecule has 0 amide bonds. The van der Waals surface area contributed by atoms with Gasteiger partial charge in [0.1, 0.15) is 0 Å². The predicted octanol–water partition coefficient (Wildman–Crippen LogP) is -3.94. The second-order valence-corrected chi connectivity index (χ2v) is 3.67. The Morgan fingerprint density at radius 1 is 0.471 bits per heavy atom. The molecule has 0 atom stereocenters. The molecule has 0 aromatic carbocycles. The first-order valence-electron chi connectivity index (χ1n) is 2.00. The first kappa shape index (κ1) is 30.3. The molecule has 0 N–H and O–H groups in total. The van der Waals surface area contributed by atoms with Crippen LogP contribution in [-0.4, -0.2) is 52.6 Å². The molecule has 0 saturated carbocycles. The van der Waals surface area contributed by atoms with Gasteiger partial charge >= 0.3 is 24.5 Å². The van der Waals surface area contributed by atoms with Gasteiger partial charge in [-0.15, -0.1) is 0 Å². The smallest absolute Gasteiger partial charge is 0.759 e. The first-order valence-corrected chi connectivity index (χ1v) is 6.00. The zero-order chi connectivity index (χ0) is 13.5. The summed E-state index contributed by atoms with van der Waals surface area (Å²) in [5.41, 5.74) is 0. The fraction of sp³-hybridized carbons (Fsp3) is 0. The van der Waals surface area contributed by atoms with Crippen LogP contribution >= 0.6 is 0 Å². The van der Waals surface area contributed by atoms with E-state index in [0.717, 1.165) is 0 Å². The summed E-state index contributed by atoms with van der Waals surface area (Å²) in [6.07, 6.45) is 0. The van der Waals surface area contributed by atoms with E-state index in [-0.39, 0.29) is 24.5 Å². The summed E-state index contributed by atoms with van der Waals surface area (Å²) in [7, 11) is -15.5. The zero-order valence-corrected chi connectivity index (χ0v) is 10.6. The van der Waals surface area contributed by atoms with E-state index in [1.807, 2.05) is 0 Å². The SMILES string of the molecule is O=S(=O)([O-])[O-].O=S(=O)([O-])[O-].O=S(=O)([O-])[O-].[C+4].[Mn+2]. The van der Waals surface area contributed by atoms with E-state index in [1.54, 1.807) is 0 Å². The Hall–Kier alpha value is 0.129. The molecule has 0 aliphatic heterocycles. The van der Waals surface area contributed by atoms with Gasteiger partial charge in [0.05, 0.1) is 0 Å². The van der Waals surface area contributed by atoms with Crippen LogP contribution in [0.5, 0.6) is 0 Å². The zero-order valence-electron chi connectivity index (χ0n) is 7.00. The summed E-state index contributed by atoms with van der Waals surface area (Å²) >= 11 is 0. The van der Waals surface area contributed by atoms with E-state index >= 15 is 0 Å². The van der Waals surface area contributed by atoms with Crippen LogP contribution in [-0.2, 0) is 48.3 Å². The Morgan fingerprint density at radius 2 is 0.471 bits per heavy atom. The maximum absolute atomic E-state index is 8.52. The van der Waals surface area contributed by atoms with Gasteiger partial charge in [0, 0.05) is 31.2 Å². The molecule has 0 heterocycles. The van der Waals surface area contributed by atoms with Crippen molar-refractivity contribution in [3.05, 3.63) is 7.43 Å². The van der Waals surface area contributed by atoms with Crippen LogP contribution in [0.25, 0.3) is 0 Å². The van der Waals surface area contributed by atoms with Gasteiger partial charge in [0.2, 0.25) is 0 Å². The monoisotopic (exact) mass is 355 g/mol. The molecule has 0 fully saturated rings. The second kappa shape index (κ2) is 11.2. The van der Waals surface area contributed by atoms with E-state index in [2.05, 4.69) is 0 Å². The third-order valence-electron chi connectivity index (χ3n) is 0. The molecular formula is CMnO12S3. The molecule has 0 bridgehead atoms. The van der Waals surface area contributed by atoms with E-state index in [4.69, 9.17) is 52.6 Å². The Labute approximate surface area is 108 Å². The van der Waals surface area contributed by atoms with Gasteiger partial charge in [-0.25, -0.2) is 0 Å². The molecule has 0 aromatic rings. The third-order valence-corrected chi connectivity index (χ3v) is 0. The molecule has 0 aromatic heterocycles. The van der Waals surface area contributed by atoms with Crippen molar-refractivity contribution in [3.8, 4) is 0 Å². The molecule has 0 spiro atoms. The Morgan fingerprint density at radius 3 is 0.471 bits per heavy atom. The van der Waals surface area contributed by atoms with Crippen molar-refractivity contribution in [2.75, 3.05) is 0 Å².